The van der Waals surface area contributed by atoms with Crippen LogP contribution in [0.5, 0.6) is 0 Å². The summed E-state index contributed by atoms with van der Waals surface area (Å²) in [5.74, 6) is 0.432. The van der Waals surface area contributed by atoms with Crippen molar-refractivity contribution in [1.82, 2.24) is 0 Å². The third-order valence-electron chi connectivity index (χ3n) is 7.73. The second-order valence-corrected chi connectivity index (χ2v) is 9.86. The van der Waals surface area contributed by atoms with Gasteiger partial charge in [-0.15, -0.1) is 0 Å². The predicted molar refractivity (Wildman–Crippen MR) is 99.9 cm³/mol. The quantitative estimate of drug-likeness (QED) is 0.510. The molecule has 1 saturated heterocycles. The van der Waals surface area contributed by atoms with Crippen molar-refractivity contribution in [3.05, 3.63) is 0 Å². The van der Waals surface area contributed by atoms with Gasteiger partial charge >= 0.3 is 17.9 Å². The van der Waals surface area contributed by atoms with Crippen molar-refractivity contribution in [3.8, 4) is 0 Å². The lowest BCUT2D eigenvalue weighted by Gasteiger charge is -2.31. The number of ether oxygens (including phenoxy) is 3. The maximum atomic E-state index is 12.7. The molecule has 4 aliphatic rings. The number of esters is 3. The standard InChI is InChI=1S/C22H32O6/c1-4-22(2,3)21(25)26-11-12-5-7-13(8-6-12)19(23)27-17-14-9-15-16(10-14)20(24)28-18(15)17/h12-18H,4-11H2,1-3H3. The van der Waals surface area contributed by atoms with Crippen LogP contribution in [0.15, 0.2) is 0 Å². The van der Waals surface area contributed by atoms with Crippen molar-refractivity contribution in [3.63, 3.8) is 0 Å². The number of carbonyl (C=O) groups excluding carboxylic acids is 3. The Morgan fingerprint density at radius 1 is 1.14 bits per heavy atom. The van der Waals surface area contributed by atoms with Crippen LogP contribution in [0.2, 0.25) is 0 Å². The zero-order valence-electron chi connectivity index (χ0n) is 17.1. The van der Waals surface area contributed by atoms with E-state index < -0.39 is 5.41 Å². The molecular formula is C22H32O6. The molecule has 6 heteroatoms. The van der Waals surface area contributed by atoms with Crippen molar-refractivity contribution < 1.29 is 28.6 Å². The second kappa shape index (κ2) is 7.34. The van der Waals surface area contributed by atoms with Crippen LogP contribution in [0.25, 0.3) is 0 Å². The Balaban J connectivity index is 1.22. The van der Waals surface area contributed by atoms with E-state index in [0.717, 1.165) is 44.9 Å². The summed E-state index contributed by atoms with van der Waals surface area (Å²) in [6, 6.07) is 0. The van der Waals surface area contributed by atoms with E-state index in [0.29, 0.717) is 12.5 Å². The summed E-state index contributed by atoms with van der Waals surface area (Å²) in [7, 11) is 0. The zero-order chi connectivity index (χ0) is 20.1. The highest BCUT2D eigenvalue weighted by Gasteiger charge is 2.63. The van der Waals surface area contributed by atoms with Gasteiger partial charge in [0, 0.05) is 11.8 Å². The van der Waals surface area contributed by atoms with Crippen molar-refractivity contribution in [2.24, 2.45) is 35.0 Å². The molecule has 0 aromatic rings. The number of fused-ring (bicyclic) bond motifs is 1. The summed E-state index contributed by atoms with van der Waals surface area (Å²) < 4.78 is 16.9. The third kappa shape index (κ3) is 3.43. The number of carbonyl (C=O) groups is 3. The first kappa shape index (κ1) is 19.7. The average Bonchev–Trinajstić information content (AvgIpc) is 3.31. The lowest BCUT2D eigenvalue weighted by atomic mass is 9.82. The lowest BCUT2D eigenvalue weighted by molar-refractivity contribution is -0.167. The summed E-state index contributed by atoms with van der Waals surface area (Å²) in [4.78, 5) is 36.7. The van der Waals surface area contributed by atoms with Crippen molar-refractivity contribution in [1.29, 1.82) is 0 Å². The van der Waals surface area contributed by atoms with Gasteiger partial charge in [0.15, 0.2) is 0 Å². The van der Waals surface area contributed by atoms with Crippen LogP contribution >= 0.6 is 0 Å². The molecule has 1 heterocycles. The van der Waals surface area contributed by atoms with Crippen molar-refractivity contribution in [2.75, 3.05) is 6.61 Å². The van der Waals surface area contributed by atoms with Crippen LogP contribution < -0.4 is 0 Å². The number of rotatable bonds is 6. The van der Waals surface area contributed by atoms with Crippen LogP contribution in [0.4, 0.5) is 0 Å². The monoisotopic (exact) mass is 392 g/mol. The number of hydrogen-bond donors (Lipinski definition) is 0. The first-order chi connectivity index (χ1) is 13.3. The molecule has 4 fully saturated rings. The maximum Gasteiger partial charge on any atom is 0.311 e. The van der Waals surface area contributed by atoms with Crippen LogP contribution in [-0.4, -0.2) is 36.7 Å². The fraction of sp³-hybridized carbons (Fsp3) is 0.864. The van der Waals surface area contributed by atoms with E-state index in [4.69, 9.17) is 14.2 Å². The molecule has 5 unspecified atom stereocenters. The van der Waals surface area contributed by atoms with E-state index in [-0.39, 0.29) is 53.8 Å². The van der Waals surface area contributed by atoms with Gasteiger partial charge in [0.05, 0.1) is 23.9 Å². The van der Waals surface area contributed by atoms with Gasteiger partial charge in [-0.05, 0) is 64.7 Å². The van der Waals surface area contributed by atoms with E-state index >= 15 is 0 Å². The summed E-state index contributed by atoms with van der Waals surface area (Å²) in [5, 5.41) is 0. The minimum atomic E-state index is -0.440. The smallest absolute Gasteiger partial charge is 0.311 e. The lowest BCUT2D eigenvalue weighted by Crippen LogP contribution is -2.38. The van der Waals surface area contributed by atoms with Gasteiger partial charge in [-0.2, -0.15) is 0 Å². The average molecular weight is 392 g/mol. The summed E-state index contributed by atoms with van der Waals surface area (Å²) in [6.07, 6.45) is 5.35. The minimum absolute atomic E-state index is 0.0424. The molecular weight excluding hydrogens is 360 g/mol. The highest BCUT2D eigenvalue weighted by atomic mass is 16.6. The molecule has 0 radical (unpaired) electrons. The molecule has 2 bridgehead atoms. The van der Waals surface area contributed by atoms with E-state index in [1.807, 2.05) is 20.8 Å². The molecule has 6 nitrogen and oxygen atoms in total. The Hall–Kier alpha value is -1.59. The van der Waals surface area contributed by atoms with Crippen LogP contribution in [0.1, 0.15) is 65.7 Å². The zero-order valence-corrected chi connectivity index (χ0v) is 17.1. The minimum Gasteiger partial charge on any atom is -0.465 e. The predicted octanol–water partition coefficient (Wildman–Crippen LogP) is 3.27. The van der Waals surface area contributed by atoms with Gasteiger partial charge < -0.3 is 14.2 Å². The summed E-state index contributed by atoms with van der Waals surface area (Å²) >= 11 is 0. The maximum absolute atomic E-state index is 12.7. The molecule has 0 amide bonds. The molecule has 5 atom stereocenters. The fourth-order valence-corrected chi connectivity index (χ4v) is 5.39. The van der Waals surface area contributed by atoms with Gasteiger partial charge in [-0.25, -0.2) is 0 Å². The van der Waals surface area contributed by atoms with Crippen LogP contribution in [-0.2, 0) is 28.6 Å². The van der Waals surface area contributed by atoms with Gasteiger partial charge in [0.2, 0.25) is 0 Å². The Morgan fingerprint density at radius 3 is 2.54 bits per heavy atom. The molecule has 0 N–H and O–H groups in total. The van der Waals surface area contributed by atoms with Gasteiger partial charge in [-0.1, -0.05) is 6.92 Å². The molecule has 4 rings (SSSR count). The van der Waals surface area contributed by atoms with Crippen LogP contribution in [0, 0.1) is 35.0 Å². The van der Waals surface area contributed by atoms with Gasteiger partial charge in [-0.3, -0.25) is 14.4 Å². The highest BCUT2D eigenvalue weighted by molar-refractivity contribution is 5.77. The van der Waals surface area contributed by atoms with E-state index in [2.05, 4.69) is 0 Å². The van der Waals surface area contributed by atoms with E-state index in [1.54, 1.807) is 0 Å². The van der Waals surface area contributed by atoms with Gasteiger partial charge in [0.1, 0.15) is 12.2 Å². The largest absolute Gasteiger partial charge is 0.465 e. The Bertz CT molecular complexity index is 647. The highest BCUT2D eigenvalue weighted by Crippen LogP contribution is 2.55. The molecule has 0 spiro atoms. The topological polar surface area (TPSA) is 78.9 Å². The Morgan fingerprint density at radius 2 is 1.86 bits per heavy atom. The number of hydrogen-bond acceptors (Lipinski definition) is 6. The molecule has 1 aliphatic heterocycles. The first-order valence-corrected chi connectivity index (χ1v) is 10.9. The van der Waals surface area contributed by atoms with E-state index in [9.17, 15) is 14.4 Å². The first-order valence-electron chi connectivity index (χ1n) is 10.9. The molecule has 0 aromatic heterocycles. The molecule has 3 saturated carbocycles. The van der Waals surface area contributed by atoms with E-state index in [1.165, 1.54) is 0 Å². The van der Waals surface area contributed by atoms with Crippen molar-refractivity contribution in [2.45, 2.75) is 77.9 Å². The molecule has 28 heavy (non-hydrogen) atoms. The normalized spacial score (nSPS) is 39.0. The van der Waals surface area contributed by atoms with Gasteiger partial charge in [0.25, 0.3) is 0 Å². The molecule has 0 aromatic carbocycles. The fourth-order valence-electron chi connectivity index (χ4n) is 5.39. The summed E-state index contributed by atoms with van der Waals surface area (Å²) in [5.41, 5.74) is -0.440. The SMILES string of the molecule is CCC(C)(C)C(=O)OCC1CCC(C(=O)OC2C3CC4C(=O)OC2C4C3)CC1. The Kier molecular flexibility index (Phi) is 5.17. The third-order valence-corrected chi connectivity index (χ3v) is 7.73. The second-order valence-electron chi connectivity index (χ2n) is 9.86. The van der Waals surface area contributed by atoms with Crippen LogP contribution in [0.3, 0.4) is 0 Å². The molecule has 3 aliphatic carbocycles. The molecule has 156 valence electrons. The van der Waals surface area contributed by atoms with Crippen molar-refractivity contribution >= 4 is 17.9 Å². The summed E-state index contributed by atoms with van der Waals surface area (Å²) in [6.45, 7) is 6.24. The Labute approximate surface area is 166 Å².